The number of rotatable bonds is 3. The molecule has 0 radical (unpaired) electrons. The number of hydrogen-bond acceptors (Lipinski definition) is 4. The summed E-state index contributed by atoms with van der Waals surface area (Å²) in [5, 5.41) is 0.591. The molecule has 1 aliphatic heterocycles. The predicted octanol–water partition coefficient (Wildman–Crippen LogP) is 2.60. The summed E-state index contributed by atoms with van der Waals surface area (Å²) in [7, 11) is 3.86. The van der Waals surface area contributed by atoms with E-state index < -0.39 is 0 Å². The van der Waals surface area contributed by atoms with Crippen molar-refractivity contribution >= 4 is 35.1 Å². The van der Waals surface area contributed by atoms with E-state index in [-0.39, 0.29) is 23.7 Å². The lowest BCUT2D eigenvalue weighted by Crippen LogP contribution is -2.42. The minimum absolute atomic E-state index is 0. The van der Waals surface area contributed by atoms with Crippen LogP contribution in [0.2, 0.25) is 0 Å². The van der Waals surface area contributed by atoms with Crippen LogP contribution in [0.3, 0.4) is 0 Å². The minimum atomic E-state index is -0.269. The van der Waals surface area contributed by atoms with E-state index in [4.69, 9.17) is 0 Å². The van der Waals surface area contributed by atoms with E-state index in [1.807, 2.05) is 55.4 Å². The summed E-state index contributed by atoms with van der Waals surface area (Å²) in [5.41, 5.74) is 1.08. The Hall–Kier alpha value is -2.02. The zero-order valence-corrected chi connectivity index (χ0v) is 15.6. The molecular weight excluding hydrogens is 358 g/mol. The number of para-hydroxylation sites is 2. The van der Waals surface area contributed by atoms with E-state index in [2.05, 4.69) is 0 Å². The quantitative estimate of drug-likeness (QED) is 0.552. The molecule has 4 rings (SSSR count). The number of halogens is 1. The standard InChI is InChI=1S/C18H17N3O2S.ClH/c1-19(2)10-11-20-17(22)12-6-5-9-15-16(12)21(18(20)23)13-7-3-4-8-14(13)24-15;/h3-9H,10-11H2,1-2H3;1H. The van der Waals surface area contributed by atoms with E-state index in [0.29, 0.717) is 18.5 Å². The Balaban J connectivity index is 0.00000182. The third-order valence-corrected chi connectivity index (χ3v) is 5.33. The number of fused-ring (bicyclic) bond motifs is 2. The Morgan fingerprint density at radius 1 is 1.00 bits per heavy atom. The van der Waals surface area contributed by atoms with Crippen molar-refractivity contribution < 1.29 is 0 Å². The van der Waals surface area contributed by atoms with E-state index >= 15 is 0 Å². The first kappa shape index (κ1) is 17.8. The van der Waals surface area contributed by atoms with E-state index in [9.17, 15) is 9.59 Å². The van der Waals surface area contributed by atoms with Crippen LogP contribution >= 0.6 is 24.2 Å². The van der Waals surface area contributed by atoms with Crippen LogP contribution in [0.4, 0.5) is 0 Å². The summed E-state index contributed by atoms with van der Waals surface area (Å²) >= 11 is 1.60. The van der Waals surface area contributed by atoms with Crippen LogP contribution in [0.15, 0.2) is 61.8 Å². The van der Waals surface area contributed by atoms with Crippen molar-refractivity contribution in [3.63, 3.8) is 0 Å². The van der Waals surface area contributed by atoms with Gasteiger partial charge in [0.1, 0.15) is 0 Å². The van der Waals surface area contributed by atoms with Crippen LogP contribution in [0, 0.1) is 0 Å². The van der Waals surface area contributed by atoms with Gasteiger partial charge in [0.05, 0.1) is 16.6 Å². The highest BCUT2D eigenvalue weighted by Crippen LogP contribution is 2.40. The second kappa shape index (κ2) is 6.71. The summed E-state index contributed by atoms with van der Waals surface area (Å²) < 4.78 is 3.03. The molecule has 0 unspecified atom stereocenters. The van der Waals surface area contributed by atoms with Gasteiger partial charge in [-0.2, -0.15) is 0 Å². The second-order valence-electron chi connectivity index (χ2n) is 6.10. The van der Waals surface area contributed by atoms with Gasteiger partial charge in [0, 0.05) is 22.9 Å². The number of hydrogen-bond donors (Lipinski definition) is 0. The van der Waals surface area contributed by atoms with Gasteiger partial charge < -0.3 is 4.90 Å². The maximum atomic E-state index is 13.1. The van der Waals surface area contributed by atoms with Crippen LogP contribution in [0.1, 0.15) is 0 Å². The van der Waals surface area contributed by atoms with Gasteiger partial charge in [-0.1, -0.05) is 30.0 Å². The van der Waals surface area contributed by atoms with Crippen molar-refractivity contribution in [1.82, 2.24) is 14.0 Å². The predicted molar refractivity (Wildman–Crippen MR) is 104 cm³/mol. The molecule has 130 valence electrons. The molecule has 0 bridgehead atoms. The molecule has 2 aromatic carbocycles. The first-order valence-electron chi connectivity index (χ1n) is 7.78. The van der Waals surface area contributed by atoms with Crippen LogP contribution in [0.25, 0.3) is 16.6 Å². The number of benzene rings is 2. The molecule has 2 heterocycles. The molecule has 0 aliphatic carbocycles. The Kier molecular flexibility index (Phi) is 4.77. The lowest BCUT2D eigenvalue weighted by molar-refractivity contribution is 0.376. The molecule has 0 spiro atoms. The molecule has 3 aromatic rings. The molecule has 5 nitrogen and oxygen atoms in total. The van der Waals surface area contributed by atoms with Crippen LogP contribution < -0.4 is 11.2 Å². The van der Waals surface area contributed by atoms with Gasteiger partial charge in [0.2, 0.25) is 0 Å². The summed E-state index contributed by atoms with van der Waals surface area (Å²) in [6.45, 7) is 1.01. The average Bonchev–Trinajstić information content (AvgIpc) is 2.57. The first-order valence-corrected chi connectivity index (χ1v) is 8.60. The SMILES string of the molecule is CN(C)CCn1c(=O)c2cccc3c2n(c1=O)-c1ccccc1S3.Cl. The van der Waals surface area contributed by atoms with Crippen LogP contribution in [-0.2, 0) is 6.54 Å². The van der Waals surface area contributed by atoms with Crippen molar-refractivity contribution in [2.75, 3.05) is 20.6 Å². The molecule has 0 N–H and O–H groups in total. The lowest BCUT2D eigenvalue weighted by atomic mass is 10.2. The molecule has 0 saturated carbocycles. The Bertz CT molecular complexity index is 1070. The fourth-order valence-corrected chi connectivity index (χ4v) is 4.12. The Morgan fingerprint density at radius 2 is 1.72 bits per heavy atom. The summed E-state index contributed by atoms with van der Waals surface area (Å²) in [6.07, 6.45) is 0. The number of nitrogens with zero attached hydrogens (tertiary/aromatic N) is 3. The molecular formula is C18H18ClN3O2S. The van der Waals surface area contributed by atoms with Crippen molar-refractivity contribution in [1.29, 1.82) is 0 Å². The average molecular weight is 376 g/mol. The fraction of sp³-hybridized carbons (Fsp3) is 0.222. The van der Waals surface area contributed by atoms with Crippen molar-refractivity contribution in [2.24, 2.45) is 0 Å². The molecule has 1 aromatic heterocycles. The van der Waals surface area contributed by atoms with Gasteiger partial charge in [-0.3, -0.25) is 13.9 Å². The van der Waals surface area contributed by atoms with Crippen molar-refractivity contribution in [3.05, 3.63) is 63.3 Å². The summed E-state index contributed by atoms with van der Waals surface area (Å²) in [4.78, 5) is 29.9. The highest BCUT2D eigenvalue weighted by atomic mass is 35.5. The van der Waals surface area contributed by atoms with Gasteiger partial charge >= 0.3 is 5.69 Å². The van der Waals surface area contributed by atoms with Gasteiger partial charge in [-0.05, 0) is 38.4 Å². The third kappa shape index (κ3) is 2.80. The van der Waals surface area contributed by atoms with Gasteiger partial charge in [-0.25, -0.2) is 4.79 Å². The summed E-state index contributed by atoms with van der Waals surface area (Å²) in [5.74, 6) is 0. The summed E-state index contributed by atoms with van der Waals surface area (Å²) in [6, 6.07) is 13.5. The Labute approximate surface area is 155 Å². The first-order chi connectivity index (χ1) is 11.6. The zero-order chi connectivity index (χ0) is 16.8. The maximum absolute atomic E-state index is 13.1. The van der Waals surface area contributed by atoms with E-state index in [1.165, 1.54) is 4.57 Å². The van der Waals surface area contributed by atoms with Crippen molar-refractivity contribution in [2.45, 2.75) is 16.3 Å². The van der Waals surface area contributed by atoms with Gasteiger partial charge in [-0.15, -0.1) is 12.4 Å². The zero-order valence-electron chi connectivity index (χ0n) is 13.9. The molecule has 1 aliphatic rings. The van der Waals surface area contributed by atoms with Crippen LogP contribution in [-0.4, -0.2) is 34.7 Å². The van der Waals surface area contributed by atoms with E-state index in [1.54, 1.807) is 22.4 Å². The molecule has 0 saturated heterocycles. The van der Waals surface area contributed by atoms with Crippen LogP contribution in [0.5, 0.6) is 0 Å². The molecule has 0 amide bonds. The monoisotopic (exact) mass is 375 g/mol. The Morgan fingerprint density at radius 3 is 2.48 bits per heavy atom. The van der Waals surface area contributed by atoms with E-state index in [0.717, 1.165) is 21.0 Å². The largest absolute Gasteiger partial charge is 0.336 e. The molecule has 7 heteroatoms. The fourth-order valence-electron chi connectivity index (χ4n) is 3.02. The molecule has 25 heavy (non-hydrogen) atoms. The van der Waals surface area contributed by atoms with Gasteiger partial charge in [0.25, 0.3) is 5.56 Å². The van der Waals surface area contributed by atoms with Gasteiger partial charge in [0.15, 0.2) is 0 Å². The molecule has 0 atom stereocenters. The maximum Gasteiger partial charge on any atom is 0.336 e. The smallest absolute Gasteiger partial charge is 0.308 e. The number of likely N-dealkylation sites (N-methyl/N-ethyl adjacent to an activating group) is 1. The topological polar surface area (TPSA) is 47.2 Å². The second-order valence-corrected chi connectivity index (χ2v) is 7.18. The highest BCUT2D eigenvalue weighted by molar-refractivity contribution is 7.99. The van der Waals surface area contributed by atoms with Crippen molar-refractivity contribution in [3.8, 4) is 5.69 Å². The minimum Gasteiger partial charge on any atom is -0.308 e. The molecule has 0 fully saturated rings. The highest BCUT2D eigenvalue weighted by Gasteiger charge is 2.23. The lowest BCUT2D eigenvalue weighted by Gasteiger charge is -2.23. The number of aromatic nitrogens is 2. The third-order valence-electron chi connectivity index (χ3n) is 4.22. The normalized spacial score (nSPS) is 12.1.